The Labute approximate surface area is 129 Å². The summed E-state index contributed by atoms with van der Waals surface area (Å²) in [5.41, 5.74) is 5.31. The molecule has 0 spiro atoms. The summed E-state index contributed by atoms with van der Waals surface area (Å²) in [5.74, 6) is 5.50. The van der Waals surface area contributed by atoms with Crippen molar-refractivity contribution in [1.29, 1.82) is 0 Å². The van der Waals surface area contributed by atoms with Crippen LogP contribution in [-0.2, 0) is 0 Å². The topological polar surface area (TPSA) is 67.2 Å². The molecule has 2 aromatic rings. The Bertz CT molecular complexity index is 656. The smallest absolute Gasteiger partial charge is 0.257 e. The minimum Gasteiger partial charge on any atom is -0.323 e. The molecule has 0 aliphatic carbocycles. The molecule has 110 valence electrons. The van der Waals surface area contributed by atoms with Gasteiger partial charge in [0.25, 0.3) is 5.91 Å². The van der Waals surface area contributed by atoms with Gasteiger partial charge in [0.1, 0.15) is 0 Å². The van der Waals surface area contributed by atoms with Crippen molar-refractivity contribution in [2.75, 3.05) is 10.7 Å². The molecule has 2 aromatic carbocycles. The van der Waals surface area contributed by atoms with Gasteiger partial charge in [-0.1, -0.05) is 43.6 Å². The summed E-state index contributed by atoms with van der Waals surface area (Å²) in [7, 11) is 0. The van der Waals surface area contributed by atoms with Crippen molar-refractivity contribution < 1.29 is 4.79 Å². The molecule has 4 nitrogen and oxygen atoms in total. The monoisotopic (exact) mass is 303 g/mol. The van der Waals surface area contributed by atoms with Crippen LogP contribution in [0.4, 0.5) is 11.4 Å². The van der Waals surface area contributed by atoms with Gasteiger partial charge < -0.3 is 10.7 Å². The number of halogens is 1. The number of rotatable bonds is 4. The lowest BCUT2D eigenvalue weighted by molar-refractivity contribution is 0.102. The first kappa shape index (κ1) is 15.4. The fourth-order valence-corrected chi connectivity index (χ4v) is 2.31. The fourth-order valence-electron chi connectivity index (χ4n) is 2.13. The molecule has 0 aliphatic heterocycles. The summed E-state index contributed by atoms with van der Waals surface area (Å²) in [4.78, 5) is 12.5. The Balaban J connectivity index is 2.33. The second kappa shape index (κ2) is 6.61. The van der Waals surface area contributed by atoms with E-state index in [-0.39, 0.29) is 5.91 Å². The first-order chi connectivity index (χ1) is 10.0. The molecule has 0 fully saturated rings. The number of carbonyl (C=O) groups excluding carboxylic acids is 1. The number of nitrogens with one attached hydrogen (secondary N) is 2. The number of para-hydroxylation sites is 1. The third-order valence-electron chi connectivity index (χ3n) is 3.21. The molecule has 0 heterocycles. The number of carbonyl (C=O) groups is 1. The first-order valence-corrected chi connectivity index (χ1v) is 7.07. The Kier molecular flexibility index (Phi) is 4.83. The van der Waals surface area contributed by atoms with Crippen molar-refractivity contribution in [3.8, 4) is 0 Å². The van der Waals surface area contributed by atoms with Crippen molar-refractivity contribution in [2.24, 2.45) is 5.84 Å². The van der Waals surface area contributed by atoms with Gasteiger partial charge in [-0.15, -0.1) is 0 Å². The van der Waals surface area contributed by atoms with Crippen LogP contribution < -0.4 is 16.6 Å². The van der Waals surface area contributed by atoms with Crippen LogP contribution in [0.2, 0.25) is 5.02 Å². The zero-order valence-electron chi connectivity index (χ0n) is 12.0. The van der Waals surface area contributed by atoms with Gasteiger partial charge in [0.15, 0.2) is 0 Å². The van der Waals surface area contributed by atoms with Crippen LogP contribution in [0.15, 0.2) is 42.5 Å². The number of amides is 1. The zero-order valence-corrected chi connectivity index (χ0v) is 12.7. The molecule has 1 amide bonds. The second-order valence-electron chi connectivity index (χ2n) is 5.03. The van der Waals surface area contributed by atoms with Crippen LogP contribution in [0.3, 0.4) is 0 Å². The van der Waals surface area contributed by atoms with Gasteiger partial charge in [0.2, 0.25) is 0 Å². The molecule has 0 aliphatic rings. The number of hydrogen-bond acceptors (Lipinski definition) is 3. The maximum Gasteiger partial charge on any atom is 0.257 e. The van der Waals surface area contributed by atoms with Gasteiger partial charge in [-0.05, 0) is 35.7 Å². The maximum absolute atomic E-state index is 12.5. The maximum atomic E-state index is 12.5. The van der Waals surface area contributed by atoms with Crippen LogP contribution in [0.1, 0.15) is 35.7 Å². The zero-order chi connectivity index (χ0) is 15.4. The Morgan fingerprint density at radius 2 is 1.86 bits per heavy atom. The molecule has 5 heteroatoms. The highest BCUT2D eigenvalue weighted by molar-refractivity contribution is 6.31. The van der Waals surface area contributed by atoms with Gasteiger partial charge in [-0.2, -0.15) is 0 Å². The van der Waals surface area contributed by atoms with Gasteiger partial charge in [-0.25, -0.2) is 0 Å². The molecule has 0 aromatic heterocycles. The van der Waals surface area contributed by atoms with Crippen molar-refractivity contribution in [3.63, 3.8) is 0 Å². The van der Waals surface area contributed by atoms with E-state index in [0.717, 1.165) is 11.3 Å². The lowest BCUT2D eigenvalue weighted by Gasteiger charge is -2.15. The van der Waals surface area contributed by atoms with Crippen LogP contribution in [0.5, 0.6) is 0 Å². The predicted molar refractivity (Wildman–Crippen MR) is 87.7 cm³/mol. The number of benzene rings is 2. The summed E-state index contributed by atoms with van der Waals surface area (Å²) >= 11 is 5.95. The largest absolute Gasteiger partial charge is 0.323 e. The molecule has 0 saturated carbocycles. The summed E-state index contributed by atoms with van der Waals surface area (Å²) in [5, 5.41) is 3.40. The highest BCUT2D eigenvalue weighted by atomic mass is 35.5. The quantitative estimate of drug-likeness (QED) is 0.591. The van der Waals surface area contributed by atoms with Crippen molar-refractivity contribution in [3.05, 3.63) is 58.6 Å². The summed E-state index contributed by atoms with van der Waals surface area (Å²) in [6.07, 6.45) is 0. The third kappa shape index (κ3) is 3.54. The van der Waals surface area contributed by atoms with Crippen molar-refractivity contribution >= 4 is 28.9 Å². The van der Waals surface area contributed by atoms with E-state index in [9.17, 15) is 4.79 Å². The van der Waals surface area contributed by atoms with E-state index < -0.39 is 0 Å². The summed E-state index contributed by atoms with van der Waals surface area (Å²) < 4.78 is 0. The molecular formula is C16H18ClN3O. The molecule has 0 atom stereocenters. The van der Waals surface area contributed by atoms with E-state index in [4.69, 9.17) is 17.4 Å². The van der Waals surface area contributed by atoms with Gasteiger partial charge in [-0.3, -0.25) is 10.6 Å². The highest BCUT2D eigenvalue weighted by Crippen LogP contribution is 2.26. The molecular weight excluding hydrogens is 286 g/mol. The van der Waals surface area contributed by atoms with Gasteiger partial charge >= 0.3 is 0 Å². The van der Waals surface area contributed by atoms with E-state index in [1.54, 1.807) is 18.2 Å². The van der Waals surface area contributed by atoms with E-state index in [0.29, 0.717) is 22.2 Å². The average Bonchev–Trinajstić information content (AvgIpc) is 2.47. The Hall–Kier alpha value is -2.04. The second-order valence-corrected chi connectivity index (χ2v) is 5.47. The standard InChI is InChI=1S/C16H18ClN3O/c1-10(2)12-5-3-4-6-14(12)19-16(21)13-9-11(17)7-8-15(13)20-18/h3-10,20H,18H2,1-2H3,(H,19,21). The Morgan fingerprint density at radius 1 is 1.14 bits per heavy atom. The minimum absolute atomic E-state index is 0.251. The molecule has 21 heavy (non-hydrogen) atoms. The minimum atomic E-state index is -0.251. The van der Waals surface area contributed by atoms with Crippen LogP contribution in [0.25, 0.3) is 0 Å². The number of hydrazine groups is 1. The molecule has 0 saturated heterocycles. The number of nitrogens with two attached hydrogens (primary N) is 1. The van der Waals surface area contributed by atoms with Gasteiger partial charge in [0, 0.05) is 10.7 Å². The van der Waals surface area contributed by atoms with E-state index in [1.165, 1.54) is 0 Å². The fraction of sp³-hybridized carbons (Fsp3) is 0.188. The van der Waals surface area contributed by atoms with Crippen molar-refractivity contribution in [1.82, 2.24) is 0 Å². The highest BCUT2D eigenvalue weighted by Gasteiger charge is 2.14. The number of anilines is 2. The number of nitrogen functional groups attached to an aromatic ring is 1. The predicted octanol–water partition coefficient (Wildman–Crippen LogP) is 4.00. The van der Waals surface area contributed by atoms with Crippen LogP contribution in [0, 0.1) is 0 Å². The van der Waals surface area contributed by atoms with E-state index >= 15 is 0 Å². The van der Waals surface area contributed by atoms with Crippen LogP contribution >= 0.6 is 11.6 Å². The van der Waals surface area contributed by atoms with Gasteiger partial charge in [0.05, 0.1) is 11.3 Å². The van der Waals surface area contributed by atoms with Crippen molar-refractivity contribution in [2.45, 2.75) is 19.8 Å². The van der Waals surface area contributed by atoms with E-state index in [1.807, 2.05) is 24.3 Å². The molecule has 0 bridgehead atoms. The molecule has 2 rings (SSSR count). The average molecular weight is 304 g/mol. The first-order valence-electron chi connectivity index (χ1n) is 6.69. The lowest BCUT2D eigenvalue weighted by Crippen LogP contribution is -2.18. The summed E-state index contributed by atoms with van der Waals surface area (Å²) in [6, 6.07) is 12.7. The van der Waals surface area contributed by atoms with E-state index in [2.05, 4.69) is 24.6 Å². The molecule has 4 N–H and O–H groups in total. The Morgan fingerprint density at radius 3 is 2.52 bits per heavy atom. The molecule has 0 radical (unpaired) electrons. The summed E-state index contributed by atoms with van der Waals surface area (Å²) in [6.45, 7) is 4.16. The lowest BCUT2D eigenvalue weighted by atomic mass is 10.0. The third-order valence-corrected chi connectivity index (χ3v) is 3.45. The number of hydrogen-bond donors (Lipinski definition) is 3. The molecule has 0 unspecified atom stereocenters. The SMILES string of the molecule is CC(C)c1ccccc1NC(=O)c1cc(Cl)ccc1NN. The normalized spacial score (nSPS) is 10.5. The van der Waals surface area contributed by atoms with Crippen LogP contribution in [-0.4, -0.2) is 5.91 Å².